The van der Waals surface area contributed by atoms with Crippen LogP contribution in [0.5, 0.6) is 0 Å². The fourth-order valence-electron chi connectivity index (χ4n) is 2.12. The van der Waals surface area contributed by atoms with Crippen LogP contribution < -0.4 is 5.56 Å². The van der Waals surface area contributed by atoms with Crippen LogP contribution in [0, 0.1) is 6.92 Å². The molecule has 0 spiro atoms. The lowest BCUT2D eigenvalue weighted by atomic mass is 10.1. The first-order valence-electron chi connectivity index (χ1n) is 6.53. The highest BCUT2D eigenvalue weighted by Crippen LogP contribution is 2.14. The molecule has 3 aromatic rings. The Balaban J connectivity index is 1.97. The van der Waals surface area contributed by atoms with Crippen LogP contribution in [0.15, 0.2) is 52.6 Å². The molecular weight excluding hydrogens is 282 g/mol. The number of aromatic nitrogens is 1. The monoisotopic (exact) mass is 295 g/mol. The maximum atomic E-state index is 12.0. The fraction of sp³-hybridized carbons (Fsp3) is 0.0588. The van der Waals surface area contributed by atoms with Crippen LogP contribution in [0.25, 0.3) is 17.0 Å². The van der Waals surface area contributed by atoms with E-state index in [1.54, 1.807) is 18.2 Å². The predicted molar refractivity (Wildman–Crippen MR) is 87.0 cm³/mol. The molecule has 0 saturated heterocycles. The Labute approximate surface area is 125 Å². The van der Waals surface area contributed by atoms with Crippen molar-refractivity contribution in [3.63, 3.8) is 0 Å². The van der Waals surface area contributed by atoms with Gasteiger partial charge in [-0.15, -0.1) is 11.3 Å². The minimum absolute atomic E-state index is 0.0894. The van der Waals surface area contributed by atoms with Crippen molar-refractivity contribution < 1.29 is 4.79 Å². The molecule has 104 valence electrons. The van der Waals surface area contributed by atoms with Crippen molar-refractivity contribution >= 4 is 34.1 Å². The first-order chi connectivity index (χ1) is 10.1. The summed E-state index contributed by atoms with van der Waals surface area (Å²) in [6, 6.07) is 11.3. The Kier molecular flexibility index (Phi) is 3.54. The summed E-state index contributed by atoms with van der Waals surface area (Å²) in [5.41, 5.74) is 2.19. The molecule has 0 aliphatic carbocycles. The number of aromatic amines is 1. The summed E-state index contributed by atoms with van der Waals surface area (Å²) in [6.07, 6.45) is 3.01. The van der Waals surface area contributed by atoms with Crippen LogP contribution in [-0.4, -0.2) is 10.8 Å². The molecule has 3 nitrogen and oxygen atoms in total. The van der Waals surface area contributed by atoms with Gasteiger partial charge in [0, 0.05) is 11.1 Å². The van der Waals surface area contributed by atoms with E-state index in [9.17, 15) is 9.59 Å². The van der Waals surface area contributed by atoms with E-state index in [2.05, 4.69) is 4.98 Å². The highest BCUT2D eigenvalue weighted by atomic mass is 32.1. The van der Waals surface area contributed by atoms with E-state index in [-0.39, 0.29) is 11.3 Å². The number of carbonyl (C=O) groups is 1. The van der Waals surface area contributed by atoms with Gasteiger partial charge in [-0.1, -0.05) is 18.2 Å². The van der Waals surface area contributed by atoms with E-state index in [1.165, 1.54) is 17.4 Å². The van der Waals surface area contributed by atoms with Gasteiger partial charge in [0.2, 0.25) is 0 Å². The summed E-state index contributed by atoms with van der Waals surface area (Å²) >= 11 is 1.39. The summed E-state index contributed by atoms with van der Waals surface area (Å²) in [5, 5.41) is 2.80. The van der Waals surface area contributed by atoms with E-state index in [0.717, 1.165) is 16.5 Å². The lowest BCUT2D eigenvalue weighted by Gasteiger charge is -2.01. The van der Waals surface area contributed by atoms with Crippen molar-refractivity contribution in [1.82, 2.24) is 4.98 Å². The second-order valence-corrected chi connectivity index (χ2v) is 5.77. The van der Waals surface area contributed by atoms with Gasteiger partial charge in [-0.05, 0) is 53.6 Å². The minimum atomic E-state index is -0.191. The van der Waals surface area contributed by atoms with Crippen molar-refractivity contribution in [1.29, 1.82) is 0 Å². The average molecular weight is 295 g/mol. The second kappa shape index (κ2) is 5.50. The van der Waals surface area contributed by atoms with Crippen LogP contribution in [-0.2, 0) is 0 Å². The Hall–Kier alpha value is -2.46. The number of nitrogens with one attached hydrogen (secondary N) is 1. The minimum Gasteiger partial charge on any atom is -0.321 e. The Morgan fingerprint density at radius 2 is 2.10 bits per heavy atom. The van der Waals surface area contributed by atoms with Crippen LogP contribution in [0.1, 0.15) is 20.8 Å². The fourth-order valence-corrected chi connectivity index (χ4v) is 2.77. The lowest BCUT2D eigenvalue weighted by Crippen LogP contribution is -2.09. The zero-order valence-electron chi connectivity index (χ0n) is 11.4. The molecular formula is C17H13NO2S. The molecule has 0 amide bonds. The van der Waals surface area contributed by atoms with Gasteiger partial charge >= 0.3 is 0 Å². The molecule has 2 aromatic heterocycles. The number of H-pyrrole nitrogens is 1. The van der Waals surface area contributed by atoms with Crippen molar-refractivity contribution in [3.8, 4) is 0 Å². The number of carbonyl (C=O) groups excluding carboxylic acids is 1. The normalized spacial score (nSPS) is 11.3. The van der Waals surface area contributed by atoms with Gasteiger partial charge in [0.1, 0.15) is 0 Å². The maximum absolute atomic E-state index is 12.0. The van der Waals surface area contributed by atoms with Crippen molar-refractivity contribution in [3.05, 3.63) is 74.2 Å². The van der Waals surface area contributed by atoms with Gasteiger partial charge in [0.05, 0.1) is 4.88 Å². The Morgan fingerprint density at radius 3 is 2.86 bits per heavy atom. The molecule has 21 heavy (non-hydrogen) atoms. The zero-order chi connectivity index (χ0) is 14.8. The van der Waals surface area contributed by atoms with Crippen molar-refractivity contribution in [2.45, 2.75) is 6.92 Å². The Bertz CT molecular complexity index is 889. The average Bonchev–Trinajstić information content (AvgIpc) is 2.99. The van der Waals surface area contributed by atoms with Gasteiger partial charge in [-0.25, -0.2) is 0 Å². The van der Waals surface area contributed by atoms with Crippen LogP contribution in [0.3, 0.4) is 0 Å². The summed E-state index contributed by atoms with van der Waals surface area (Å²) < 4.78 is 0. The van der Waals surface area contributed by atoms with E-state index in [0.29, 0.717) is 10.4 Å². The number of benzene rings is 1. The molecule has 4 heteroatoms. The highest BCUT2D eigenvalue weighted by Gasteiger charge is 2.04. The molecule has 0 atom stereocenters. The van der Waals surface area contributed by atoms with Crippen molar-refractivity contribution in [2.24, 2.45) is 0 Å². The first-order valence-corrected chi connectivity index (χ1v) is 7.41. The first kappa shape index (κ1) is 13.5. The summed E-state index contributed by atoms with van der Waals surface area (Å²) in [7, 11) is 0. The van der Waals surface area contributed by atoms with E-state index in [4.69, 9.17) is 0 Å². The van der Waals surface area contributed by atoms with Gasteiger partial charge in [-0.2, -0.15) is 0 Å². The number of fused-ring (bicyclic) bond motifs is 1. The van der Waals surface area contributed by atoms with E-state index < -0.39 is 0 Å². The molecule has 0 aliphatic heterocycles. The summed E-state index contributed by atoms with van der Waals surface area (Å²) in [5.74, 6) is -0.0894. The topological polar surface area (TPSA) is 49.9 Å². The maximum Gasteiger partial charge on any atom is 0.255 e. The molecule has 1 aromatic carbocycles. The van der Waals surface area contributed by atoms with Crippen molar-refractivity contribution in [2.75, 3.05) is 0 Å². The van der Waals surface area contributed by atoms with Gasteiger partial charge in [-0.3, -0.25) is 9.59 Å². The largest absolute Gasteiger partial charge is 0.321 e. The number of pyridine rings is 1. The van der Waals surface area contributed by atoms with Crippen LogP contribution in [0.2, 0.25) is 0 Å². The Morgan fingerprint density at radius 1 is 1.24 bits per heavy atom. The van der Waals surface area contributed by atoms with Gasteiger partial charge < -0.3 is 4.98 Å². The standard InChI is InChI=1S/C17H13NO2S/c1-11-4-5-12-10-13(17(20)18-14(12)9-11)6-7-15(19)16-3-2-8-21-16/h2-10H,1H3,(H,18,20)/b7-6+. The van der Waals surface area contributed by atoms with Gasteiger partial charge in [0.15, 0.2) is 5.78 Å². The summed E-state index contributed by atoms with van der Waals surface area (Å²) in [6.45, 7) is 1.98. The molecule has 3 rings (SSSR count). The van der Waals surface area contributed by atoms with Crippen LogP contribution >= 0.6 is 11.3 Å². The zero-order valence-corrected chi connectivity index (χ0v) is 12.2. The quantitative estimate of drug-likeness (QED) is 0.590. The third-order valence-corrected chi connectivity index (χ3v) is 4.09. The number of hydrogen-bond acceptors (Lipinski definition) is 3. The molecule has 1 N–H and O–H groups in total. The number of thiophene rings is 1. The third-order valence-electron chi connectivity index (χ3n) is 3.21. The molecule has 0 unspecified atom stereocenters. The van der Waals surface area contributed by atoms with E-state index >= 15 is 0 Å². The third kappa shape index (κ3) is 2.85. The lowest BCUT2D eigenvalue weighted by molar-refractivity contribution is 0.105. The molecule has 0 radical (unpaired) electrons. The molecule has 0 bridgehead atoms. The summed E-state index contributed by atoms with van der Waals surface area (Å²) in [4.78, 5) is 27.4. The van der Waals surface area contributed by atoms with Gasteiger partial charge in [0.25, 0.3) is 5.56 Å². The number of ketones is 1. The number of hydrogen-bond donors (Lipinski definition) is 1. The molecule has 2 heterocycles. The van der Waals surface area contributed by atoms with E-state index in [1.807, 2.05) is 36.6 Å². The predicted octanol–water partition coefficient (Wildman–Crippen LogP) is 3.79. The second-order valence-electron chi connectivity index (χ2n) is 4.82. The SMILES string of the molecule is Cc1ccc2cc(/C=C/C(=O)c3cccs3)c(=O)[nH]c2c1. The molecule has 0 saturated carbocycles. The number of aryl methyl sites for hydroxylation is 1. The smallest absolute Gasteiger partial charge is 0.255 e. The molecule has 0 aliphatic rings. The number of allylic oxidation sites excluding steroid dienone is 1. The van der Waals surface area contributed by atoms with Crippen LogP contribution in [0.4, 0.5) is 0 Å². The highest BCUT2D eigenvalue weighted by molar-refractivity contribution is 7.12. The molecule has 0 fully saturated rings. The number of rotatable bonds is 3.